The second-order valence-electron chi connectivity index (χ2n) is 8.10. The zero-order chi connectivity index (χ0) is 20.0. The molecule has 28 heavy (non-hydrogen) atoms. The SMILES string of the molecule is CN=C(NCc1ccccc1OC(C)(C)C)NCc1nnc2n1CCCCC2. The Morgan fingerprint density at radius 3 is 2.68 bits per heavy atom. The van der Waals surface area contributed by atoms with E-state index in [9.17, 15) is 0 Å². The molecule has 0 spiro atoms. The summed E-state index contributed by atoms with van der Waals surface area (Å²) in [6.07, 6.45) is 4.67. The minimum Gasteiger partial charge on any atom is -0.488 e. The van der Waals surface area contributed by atoms with E-state index in [0.29, 0.717) is 13.1 Å². The van der Waals surface area contributed by atoms with Gasteiger partial charge in [-0.15, -0.1) is 10.2 Å². The molecule has 0 saturated heterocycles. The highest BCUT2D eigenvalue weighted by Gasteiger charge is 2.16. The molecule has 0 amide bonds. The highest BCUT2D eigenvalue weighted by Crippen LogP contribution is 2.22. The number of nitrogens with one attached hydrogen (secondary N) is 2. The van der Waals surface area contributed by atoms with Crippen LogP contribution in [0.15, 0.2) is 29.3 Å². The van der Waals surface area contributed by atoms with E-state index in [-0.39, 0.29) is 5.60 Å². The molecule has 3 rings (SSSR count). The van der Waals surface area contributed by atoms with Crippen molar-refractivity contribution in [2.45, 2.75) is 71.7 Å². The van der Waals surface area contributed by atoms with Crippen molar-refractivity contribution in [1.82, 2.24) is 25.4 Å². The molecule has 7 nitrogen and oxygen atoms in total. The summed E-state index contributed by atoms with van der Waals surface area (Å²) in [4.78, 5) is 4.33. The number of ether oxygens (including phenoxy) is 1. The molecule has 0 bridgehead atoms. The van der Waals surface area contributed by atoms with Crippen molar-refractivity contribution in [2.75, 3.05) is 7.05 Å². The van der Waals surface area contributed by atoms with E-state index in [1.807, 2.05) is 18.2 Å². The summed E-state index contributed by atoms with van der Waals surface area (Å²) >= 11 is 0. The van der Waals surface area contributed by atoms with Crippen LogP contribution in [0.1, 0.15) is 57.2 Å². The third-order valence-electron chi connectivity index (χ3n) is 4.66. The summed E-state index contributed by atoms with van der Waals surface area (Å²) in [5, 5.41) is 15.4. The summed E-state index contributed by atoms with van der Waals surface area (Å²) < 4.78 is 8.32. The Morgan fingerprint density at radius 2 is 1.89 bits per heavy atom. The Balaban J connectivity index is 1.59. The molecule has 0 unspecified atom stereocenters. The highest BCUT2D eigenvalue weighted by molar-refractivity contribution is 5.79. The minimum absolute atomic E-state index is 0.235. The Hall–Kier alpha value is -2.57. The molecule has 1 aromatic carbocycles. The van der Waals surface area contributed by atoms with Gasteiger partial charge in [-0.05, 0) is 39.7 Å². The number of hydrogen-bond donors (Lipinski definition) is 2. The topological polar surface area (TPSA) is 76.4 Å². The maximum Gasteiger partial charge on any atom is 0.191 e. The predicted molar refractivity (Wildman–Crippen MR) is 111 cm³/mol. The molecule has 0 atom stereocenters. The summed E-state index contributed by atoms with van der Waals surface area (Å²) in [6.45, 7) is 8.40. The fourth-order valence-electron chi connectivity index (χ4n) is 3.32. The van der Waals surface area contributed by atoms with E-state index in [0.717, 1.165) is 41.9 Å². The third kappa shape index (κ3) is 5.47. The number of fused-ring (bicyclic) bond motifs is 1. The lowest BCUT2D eigenvalue weighted by atomic mass is 10.1. The van der Waals surface area contributed by atoms with Gasteiger partial charge in [-0.1, -0.05) is 24.6 Å². The van der Waals surface area contributed by atoms with Crippen molar-refractivity contribution < 1.29 is 4.74 Å². The Morgan fingerprint density at radius 1 is 1.11 bits per heavy atom. The number of para-hydroxylation sites is 1. The van der Waals surface area contributed by atoms with Crippen LogP contribution >= 0.6 is 0 Å². The predicted octanol–water partition coefficient (Wildman–Crippen LogP) is 3.05. The van der Waals surface area contributed by atoms with Crippen LogP contribution in [0.5, 0.6) is 5.75 Å². The van der Waals surface area contributed by atoms with Crippen LogP contribution < -0.4 is 15.4 Å². The third-order valence-corrected chi connectivity index (χ3v) is 4.66. The van der Waals surface area contributed by atoms with Crippen LogP contribution in [0, 0.1) is 0 Å². The Kier molecular flexibility index (Phi) is 6.54. The zero-order valence-corrected chi connectivity index (χ0v) is 17.5. The zero-order valence-electron chi connectivity index (χ0n) is 17.5. The quantitative estimate of drug-likeness (QED) is 0.612. The van der Waals surface area contributed by atoms with Gasteiger partial charge in [0, 0.05) is 32.1 Å². The Bertz CT molecular complexity index is 805. The normalized spacial score (nSPS) is 14.9. The lowest BCUT2D eigenvalue weighted by Gasteiger charge is -2.23. The number of hydrogen-bond acceptors (Lipinski definition) is 4. The molecule has 1 aromatic heterocycles. The van der Waals surface area contributed by atoms with Gasteiger partial charge in [0.15, 0.2) is 11.8 Å². The molecule has 1 aliphatic heterocycles. The van der Waals surface area contributed by atoms with Crippen molar-refractivity contribution in [3.8, 4) is 5.75 Å². The maximum absolute atomic E-state index is 6.07. The van der Waals surface area contributed by atoms with E-state index in [1.54, 1.807) is 7.05 Å². The molecular formula is C21H32N6O. The van der Waals surface area contributed by atoms with E-state index in [4.69, 9.17) is 4.74 Å². The average molecular weight is 385 g/mol. The first-order chi connectivity index (χ1) is 13.5. The molecule has 2 N–H and O–H groups in total. The van der Waals surface area contributed by atoms with Gasteiger partial charge in [-0.2, -0.15) is 0 Å². The standard InChI is InChI=1S/C21H32N6O/c1-21(2,3)28-17-11-8-7-10-16(17)14-23-20(22-4)24-15-19-26-25-18-12-6-5-9-13-27(18)19/h7-8,10-11H,5-6,9,12-15H2,1-4H3,(H2,22,23,24). The van der Waals surface area contributed by atoms with Crippen molar-refractivity contribution in [2.24, 2.45) is 4.99 Å². The number of benzene rings is 1. The molecule has 0 radical (unpaired) electrons. The fraction of sp³-hybridized carbons (Fsp3) is 0.571. The van der Waals surface area contributed by atoms with E-state index in [1.165, 1.54) is 19.3 Å². The first-order valence-electron chi connectivity index (χ1n) is 10.1. The van der Waals surface area contributed by atoms with Crippen LogP contribution in [-0.2, 0) is 26.1 Å². The minimum atomic E-state index is -0.235. The summed E-state index contributed by atoms with van der Waals surface area (Å²) in [6, 6.07) is 8.09. The number of aromatic nitrogens is 3. The second kappa shape index (κ2) is 9.08. The molecule has 7 heteroatoms. The lowest BCUT2D eigenvalue weighted by Crippen LogP contribution is -2.37. The van der Waals surface area contributed by atoms with Gasteiger partial charge >= 0.3 is 0 Å². The van der Waals surface area contributed by atoms with Crippen LogP contribution in [0.2, 0.25) is 0 Å². The van der Waals surface area contributed by atoms with E-state index < -0.39 is 0 Å². The summed E-state index contributed by atoms with van der Waals surface area (Å²) in [5.41, 5.74) is 0.860. The molecule has 2 aromatic rings. The van der Waals surface area contributed by atoms with Crippen molar-refractivity contribution in [3.63, 3.8) is 0 Å². The van der Waals surface area contributed by atoms with Gasteiger partial charge < -0.3 is 19.9 Å². The van der Waals surface area contributed by atoms with Gasteiger partial charge in [0.2, 0.25) is 0 Å². The molecule has 1 aliphatic rings. The van der Waals surface area contributed by atoms with Gasteiger partial charge in [0.05, 0.1) is 6.54 Å². The molecule has 0 aliphatic carbocycles. The first kappa shape index (κ1) is 20.2. The van der Waals surface area contributed by atoms with Crippen LogP contribution in [0.4, 0.5) is 0 Å². The largest absolute Gasteiger partial charge is 0.488 e. The molecule has 152 valence electrons. The smallest absolute Gasteiger partial charge is 0.191 e. The van der Waals surface area contributed by atoms with Crippen LogP contribution in [-0.4, -0.2) is 33.4 Å². The van der Waals surface area contributed by atoms with Crippen molar-refractivity contribution in [3.05, 3.63) is 41.5 Å². The summed E-state index contributed by atoms with van der Waals surface area (Å²) in [7, 11) is 1.78. The van der Waals surface area contributed by atoms with Crippen molar-refractivity contribution in [1.29, 1.82) is 0 Å². The molecular weight excluding hydrogens is 352 g/mol. The number of nitrogens with zero attached hydrogens (tertiary/aromatic N) is 4. The molecule has 0 fully saturated rings. The average Bonchev–Trinajstić information content (AvgIpc) is 2.88. The second-order valence-corrected chi connectivity index (χ2v) is 8.10. The van der Waals surface area contributed by atoms with Gasteiger partial charge in [-0.25, -0.2) is 0 Å². The molecule has 2 heterocycles. The van der Waals surface area contributed by atoms with E-state index >= 15 is 0 Å². The number of aryl methyl sites for hydroxylation is 1. The van der Waals surface area contributed by atoms with Crippen molar-refractivity contribution >= 4 is 5.96 Å². The van der Waals surface area contributed by atoms with Gasteiger partial charge in [0.1, 0.15) is 17.2 Å². The number of rotatable bonds is 5. The molecule has 0 saturated carbocycles. The summed E-state index contributed by atoms with van der Waals surface area (Å²) in [5.74, 6) is 3.69. The monoisotopic (exact) mass is 384 g/mol. The lowest BCUT2D eigenvalue weighted by molar-refractivity contribution is 0.129. The van der Waals surface area contributed by atoms with E-state index in [2.05, 4.69) is 57.2 Å². The van der Waals surface area contributed by atoms with Crippen LogP contribution in [0.3, 0.4) is 0 Å². The Labute approximate surface area is 167 Å². The highest BCUT2D eigenvalue weighted by atomic mass is 16.5. The fourth-order valence-corrected chi connectivity index (χ4v) is 3.32. The van der Waals surface area contributed by atoms with Gasteiger partial charge in [-0.3, -0.25) is 4.99 Å². The maximum atomic E-state index is 6.07. The number of aliphatic imine (C=N–C) groups is 1. The van der Waals surface area contributed by atoms with Crippen LogP contribution in [0.25, 0.3) is 0 Å². The number of guanidine groups is 1. The van der Waals surface area contributed by atoms with Gasteiger partial charge in [0.25, 0.3) is 0 Å². The first-order valence-corrected chi connectivity index (χ1v) is 10.1.